The summed E-state index contributed by atoms with van der Waals surface area (Å²) in [6.07, 6.45) is 1.89. The summed E-state index contributed by atoms with van der Waals surface area (Å²) >= 11 is 0. The van der Waals surface area contributed by atoms with E-state index in [1.165, 1.54) is 0 Å². The highest BCUT2D eigenvalue weighted by Crippen LogP contribution is 2.08. The summed E-state index contributed by atoms with van der Waals surface area (Å²) in [6.45, 7) is 1.69. The number of hydrogen-bond donors (Lipinski definition) is 2. The predicted molar refractivity (Wildman–Crippen MR) is 39.5 cm³/mol. The van der Waals surface area contributed by atoms with Crippen molar-refractivity contribution in [3.8, 4) is 0 Å². The molecule has 1 atom stereocenters. The van der Waals surface area contributed by atoms with Crippen LogP contribution in [0.4, 0.5) is 0 Å². The van der Waals surface area contributed by atoms with Crippen molar-refractivity contribution in [3.63, 3.8) is 0 Å². The first-order valence-electron chi connectivity index (χ1n) is 3.38. The summed E-state index contributed by atoms with van der Waals surface area (Å²) in [4.78, 5) is 20.6. The standard InChI is InChI=1S/C7H12NO3/c1-2-5(7(8)11)3-4-6(9)10/h2,5H,3-4H2,1H3,(H2,8,11)(H,9,10)/t5-/m1/s1. The van der Waals surface area contributed by atoms with Gasteiger partial charge in [0.2, 0.25) is 5.91 Å². The second-order valence-corrected chi connectivity index (χ2v) is 2.27. The van der Waals surface area contributed by atoms with Crippen LogP contribution in [-0.4, -0.2) is 17.0 Å². The molecule has 0 unspecified atom stereocenters. The average Bonchev–Trinajstić information content (AvgIpc) is 1.87. The van der Waals surface area contributed by atoms with Crippen LogP contribution in [-0.2, 0) is 9.59 Å². The van der Waals surface area contributed by atoms with E-state index in [9.17, 15) is 9.59 Å². The van der Waals surface area contributed by atoms with Crippen molar-refractivity contribution in [3.05, 3.63) is 6.42 Å². The molecule has 0 saturated carbocycles. The molecule has 0 bridgehead atoms. The molecule has 0 saturated heterocycles. The lowest BCUT2D eigenvalue weighted by Crippen LogP contribution is -2.23. The number of nitrogens with two attached hydrogens (primary N) is 1. The van der Waals surface area contributed by atoms with Gasteiger partial charge in [-0.25, -0.2) is 0 Å². The number of carbonyl (C=O) groups excluding carboxylic acids is 1. The van der Waals surface area contributed by atoms with Gasteiger partial charge in [-0.05, 0) is 12.8 Å². The number of hydrogen-bond acceptors (Lipinski definition) is 2. The Labute approximate surface area is 65.4 Å². The minimum absolute atomic E-state index is 0.0159. The second kappa shape index (κ2) is 4.71. The van der Waals surface area contributed by atoms with Gasteiger partial charge in [-0.15, -0.1) is 0 Å². The first-order valence-corrected chi connectivity index (χ1v) is 3.38. The second-order valence-electron chi connectivity index (χ2n) is 2.27. The van der Waals surface area contributed by atoms with Crippen LogP contribution in [0, 0.1) is 12.3 Å². The zero-order valence-corrected chi connectivity index (χ0v) is 6.41. The Morgan fingerprint density at radius 3 is 2.45 bits per heavy atom. The molecule has 0 aromatic carbocycles. The lowest BCUT2D eigenvalue weighted by molar-refractivity contribution is -0.137. The van der Waals surface area contributed by atoms with E-state index in [2.05, 4.69) is 0 Å². The maximum Gasteiger partial charge on any atom is 0.303 e. The van der Waals surface area contributed by atoms with Crippen molar-refractivity contribution in [2.75, 3.05) is 0 Å². The molecule has 0 aliphatic rings. The molecule has 0 aliphatic carbocycles. The Hall–Kier alpha value is -1.06. The van der Waals surface area contributed by atoms with Crippen LogP contribution >= 0.6 is 0 Å². The van der Waals surface area contributed by atoms with E-state index in [0.29, 0.717) is 6.42 Å². The van der Waals surface area contributed by atoms with Gasteiger partial charge in [-0.1, -0.05) is 6.92 Å². The molecule has 1 amide bonds. The quantitative estimate of drug-likeness (QED) is 0.598. The highest BCUT2D eigenvalue weighted by Gasteiger charge is 2.13. The lowest BCUT2D eigenvalue weighted by Gasteiger charge is -2.06. The molecule has 0 aromatic heterocycles. The molecule has 0 spiro atoms. The van der Waals surface area contributed by atoms with Gasteiger partial charge in [-0.3, -0.25) is 9.59 Å². The molecule has 0 rings (SSSR count). The minimum Gasteiger partial charge on any atom is -0.481 e. The number of primary amides is 1. The summed E-state index contributed by atoms with van der Waals surface area (Å²) in [5, 5.41) is 8.27. The maximum absolute atomic E-state index is 10.5. The fraction of sp³-hybridized carbons (Fsp3) is 0.571. The highest BCUT2D eigenvalue weighted by atomic mass is 16.4. The Bertz CT molecular complexity index is 156. The van der Waals surface area contributed by atoms with Crippen LogP contribution in [0.25, 0.3) is 0 Å². The Morgan fingerprint density at radius 1 is 1.64 bits per heavy atom. The van der Waals surface area contributed by atoms with Crippen molar-refractivity contribution in [2.24, 2.45) is 11.7 Å². The third-order valence-corrected chi connectivity index (χ3v) is 1.44. The topological polar surface area (TPSA) is 80.4 Å². The monoisotopic (exact) mass is 158 g/mol. The van der Waals surface area contributed by atoms with Crippen LogP contribution < -0.4 is 5.73 Å². The molecule has 3 N–H and O–H groups in total. The molecule has 0 aromatic rings. The zero-order chi connectivity index (χ0) is 8.85. The molecule has 0 heterocycles. The summed E-state index contributed by atoms with van der Waals surface area (Å²) in [7, 11) is 0. The molecule has 4 nitrogen and oxygen atoms in total. The number of carboxylic acid groups (broad SMARTS) is 1. The van der Waals surface area contributed by atoms with Crippen LogP contribution in [0.3, 0.4) is 0 Å². The van der Waals surface area contributed by atoms with Gasteiger partial charge in [-0.2, -0.15) is 0 Å². The summed E-state index contributed by atoms with van der Waals surface area (Å²) in [5.74, 6) is -1.78. The summed E-state index contributed by atoms with van der Waals surface area (Å²) in [6, 6.07) is 0. The zero-order valence-electron chi connectivity index (χ0n) is 6.41. The molecular weight excluding hydrogens is 146 g/mol. The molecule has 4 heteroatoms. The van der Waals surface area contributed by atoms with E-state index in [-0.39, 0.29) is 6.42 Å². The Kier molecular flexibility index (Phi) is 4.26. The first kappa shape index (κ1) is 9.94. The van der Waals surface area contributed by atoms with Gasteiger partial charge in [0.05, 0.1) is 0 Å². The number of rotatable bonds is 5. The molecular formula is C7H12NO3. The fourth-order valence-electron chi connectivity index (χ4n) is 0.752. The largest absolute Gasteiger partial charge is 0.481 e. The highest BCUT2D eigenvalue weighted by molar-refractivity contribution is 5.78. The third-order valence-electron chi connectivity index (χ3n) is 1.44. The normalized spacial score (nSPS) is 12.5. The van der Waals surface area contributed by atoms with E-state index in [1.54, 1.807) is 13.3 Å². The van der Waals surface area contributed by atoms with Crippen LogP contribution in [0.5, 0.6) is 0 Å². The smallest absolute Gasteiger partial charge is 0.303 e. The average molecular weight is 158 g/mol. The van der Waals surface area contributed by atoms with Gasteiger partial charge < -0.3 is 10.8 Å². The SMILES string of the molecule is C[CH][C@H](CCC(=O)O)C(N)=O. The van der Waals surface area contributed by atoms with Crippen molar-refractivity contribution in [1.82, 2.24) is 0 Å². The Balaban J connectivity index is 3.70. The third kappa shape index (κ3) is 4.36. The predicted octanol–water partition coefficient (Wildman–Crippen LogP) is 0.177. The van der Waals surface area contributed by atoms with Gasteiger partial charge in [0.15, 0.2) is 0 Å². The van der Waals surface area contributed by atoms with Gasteiger partial charge in [0, 0.05) is 12.3 Å². The number of amides is 1. The van der Waals surface area contributed by atoms with E-state index in [0.717, 1.165) is 0 Å². The Morgan fingerprint density at radius 2 is 2.18 bits per heavy atom. The molecule has 0 fully saturated rings. The summed E-state index contributed by atoms with van der Waals surface area (Å²) < 4.78 is 0. The van der Waals surface area contributed by atoms with Crippen LogP contribution in [0.15, 0.2) is 0 Å². The number of carbonyl (C=O) groups is 2. The summed E-state index contributed by atoms with van der Waals surface area (Å²) in [5.41, 5.74) is 4.97. The first-order chi connectivity index (χ1) is 5.07. The minimum atomic E-state index is -0.905. The van der Waals surface area contributed by atoms with Gasteiger partial charge in [0.1, 0.15) is 0 Å². The molecule has 63 valence electrons. The molecule has 1 radical (unpaired) electrons. The van der Waals surface area contributed by atoms with Crippen molar-refractivity contribution in [1.29, 1.82) is 0 Å². The van der Waals surface area contributed by atoms with E-state index < -0.39 is 17.8 Å². The van der Waals surface area contributed by atoms with Crippen LogP contribution in [0.2, 0.25) is 0 Å². The number of carboxylic acids is 1. The van der Waals surface area contributed by atoms with Gasteiger partial charge >= 0.3 is 5.97 Å². The van der Waals surface area contributed by atoms with E-state index in [1.807, 2.05) is 0 Å². The van der Waals surface area contributed by atoms with Gasteiger partial charge in [0.25, 0.3) is 0 Å². The van der Waals surface area contributed by atoms with E-state index in [4.69, 9.17) is 10.8 Å². The van der Waals surface area contributed by atoms with Crippen molar-refractivity contribution >= 4 is 11.9 Å². The molecule has 0 aliphatic heterocycles. The molecule has 11 heavy (non-hydrogen) atoms. The van der Waals surface area contributed by atoms with Crippen molar-refractivity contribution in [2.45, 2.75) is 19.8 Å². The lowest BCUT2D eigenvalue weighted by atomic mass is 10.00. The fourth-order valence-corrected chi connectivity index (χ4v) is 0.752. The van der Waals surface area contributed by atoms with Crippen LogP contribution in [0.1, 0.15) is 19.8 Å². The van der Waals surface area contributed by atoms with E-state index >= 15 is 0 Å². The van der Waals surface area contributed by atoms with Crippen molar-refractivity contribution < 1.29 is 14.7 Å². The number of aliphatic carboxylic acids is 1. The maximum atomic E-state index is 10.5.